The van der Waals surface area contributed by atoms with Crippen molar-refractivity contribution in [3.05, 3.63) is 58.9 Å². The molecule has 0 aliphatic carbocycles. The average Bonchev–Trinajstić information content (AvgIpc) is 1.66. The van der Waals surface area contributed by atoms with E-state index in [1.807, 2.05) is 0 Å². The SMILES string of the molecule is CC[C@H](C)[C@@H]1NC(=O)CNC(=O)[C@@H]2CC(=O)[C@H]([C@@H](C)[C@@H](O)CO)NC(=O)[C@@H]3C[C@@H](O)CN3C(=O)[C@H](CC(N)=O)CC(=O)[C@H](CS(=O)c3[nH]c4cc(OC(=O)N(C)CCSSC(C)(C)C(NC(=O)CCOCCOCCNC(=O)c5ccc6nc(CBr)c(CBr)nc6c5)C(=O)NCCSO)ccc4c3C2)NC(=O)CNC1=O. The van der Waals surface area contributed by atoms with Gasteiger partial charge in [0.25, 0.3) is 5.91 Å². The molecule has 41 heteroatoms. The quantitative estimate of drug-likeness (QED) is 0.0141. The Morgan fingerprint density at radius 2 is 1.51 bits per heavy atom. The molecule has 0 spiro atoms. The van der Waals surface area contributed by atoms with Crippen molar-refractivity contribution in [2.75, 3.05) is 96.6 Å². The van der Waals surface area contributed by atoms with E-state index in [0.717, 1.165) is 16.3 Å². The van der Waals surface area contributed by atoms with Crippen molar-refractivity contribution in [3.8, 4) is 5.75 Å². The number of hydrogen-bond donors (Lipinski definition) is 14. The topological polar surface area (TPSA) is 518 Å². The first-order valence-electron chi connectivity index (χ1n) is 35.8. The Hall–Kier alpha value is -7.45. The van der Waals surface area contributed by atoms with Crippen molar-refractivity contribution >= 4 is 175 Å². The molecular weight excluding hydrogens is 1660 g/mol. The molecule has 15 N–H and O–H groups in total. The van der Waals surface area contributed by atoms with Crippen LogP contribution in [0.2, 0.25) is 0 Å². The number of nitrogens with one attached hydrogen (secondary N) is 9. The van der Waals surface area contributed by atoms with Gasteiger partial charge in [-0.2, -0.15) is 0 Å². The highest BCUT2D eigenvalue weighted by atomic mass is 79.9. The van der Waals surface area contributed by atoms with Crippen LogP contribution in [0.5, 0.6) is 5.75 Å². The van der Waals surface area contributed by atoms with Crippen LogP contribution in [0.25, 0.3) is 21.9 Å². The minimum Gasteiger partial charge on any atom is -0.410 e. The number of aromatic nitrogens is 3. The number of ether oxygens (including phenoxy) is 3. The van der Waals surface area contributed by atoms with Gasteiger partial charge in [0.05, 0.1) is 121 Å². The Bertz CT molecular complexity index is 4070. The number of rotatable bonds is 31. The Morgan fingerprint density at radius 1 is 0.829 bits per heavy atom. The van der Waals surface area contributed by atoms with E-state index in [4.69, 9.17) is 19.9 Å². The highest BCUT2D eigenvalue weighted by Gasteiger charge is 2.46. The molecule has 3 aliphatic heterocycles. The van der Waals surface area contributed by atoms with Crippen LogP contribution >= 0.6 is 65.5 Å². The van der Waals surface area contributed by atoms with E-state index in [0.29, 0.717) is 45.7 Å². The molecule has 35 nitrogen and oxygen atoms in total. The molecule has 7 rings (SSSR count). The summed E-state index contributed by atoms with van der Waals surface area (Å²) in [6, 6.07) is 1.76. The fourth-order valence-electron chi connectivity index (χ4n) is 12.4. The summed E-state index contributed by atoms with van der Waals surface area (Å²) in [5.74, 6) is -15.6. The average molecular weight is 1760 g/mol. The van der Waals surface area contributed by atoms with Gasteiger partial charge in [-0.1, -0.05) is 80.6 Å². The van der Waals surface area contributed by atoms with Crippen LogP contribution < -0.4 is 53.0 Å². The zero-order valence-corrected chi connectivity index (χ0v) is 68.5. The summed E-state index contributed by atoms with van der Waals surface area (Å²) in [5.41, 5.74) is 9.04. The molecule has 1 saturated heterocycles. The molecule has 2 bridgehead atoms. The number of aromatic amines is 1. The number of carbonyl (C=O) groups excluding carboxylic acids is 13. The first kappa shape index (κ1) is 90.7. The van der Waals surface area contributed by atoms with Gasteiger partial charge in [0.2, 0.25) is 53.2 Å². The summed E-state index contributed by atoms with van der Waals surface area (Å²) in [7, 11) is 1.52. The van der Waals surface area contributed by atoms with Crippen molar-refractivity contribution in [2.45, 2.75) is 142 Å². The van der Waals surface area contributed by atoms with E-state index in [2.05, 4.69) is 89.3 Å². The molecule has 610 valence electrons. The maximum atomic E-state index is 15.3. The lowest BCUT2D eigenvalue weighted by molar-refractivity contribution is -0.145. The number of alkyl halides is 2. The molecule has 2 unspecified atom stereocenters. The molecule has 3 aliphatic rings. The van der Waals surface area contributed by atoms with E-state index in [1.165, 1.54) is 58.7 Å². The third-order valence-corrected chi connectivity index (χ3v) is 25.0. The summed E-state index contributed by atoms with van der Waals surface area (Å²) in [5, 5.41) is 54.1. The second kappa shape index (κ2) is 43.7. The van der Waals surface area contributed by atoms with Crippen LogP contribution in [-0.4, -0.2) is 269 Å². The third-order valence-electron chi connectivity index (χ3n) is 18.9. The van der Waals surface area contributed by atoms with E-state index < -0.39 is 217 Å². The number of nitrogens with two attached hydrogens (primary N) is 1. The number of carbonyl (C=O) groups is 13. The van der Waals surface area contributed by atoms with Gasteiger partial charge in [-0.3, -0.25) is 61.7 Å². The summed E-state index contributed by atoms with van der Waals surface area (Å²) in [6.07, 6.45) is -7.12. The van der Waals surface area contributed by atoms with Crippen LogP contribution in [0.1, 0.15) is 100 Å². The van der Waals surface area contributed by atoms with Gasteiger partial charge in [-0.05, 0) is 74.1 Å². The molecule has 1 fully saturated rings. The van der Waals surface area contributed by atoms with Gasteiger partial charge in [0.1, 0.15) is 28.9 Å². The lowest BCUT2D eigenvalue weighted by atomic mass is 9.85. The number of hydrogen-bond acceptors (Lipinski definition) is 26. The van der Waals surface area contributed by atoms with Crippen LogP contribution in [-0.2, 0) is 90.1 Å². The minimum atomic E-state index is -2.48. The number of ketones is 2. The molecule has 0 saturated carbocycles. The van der Waals surface area contributed by atoms with Gasteiger partial charge >= 0.3 is 6.09 Å². The standard InChI is InChI=1S/C70H96Br2N14O21S4/c1-7-36(2)59-65(99)77-31-57(94)80-50-35-111(104)67-44(22-39(63(97)76-32-58(95)82-59)24-53(90)60(37(3)54(91)34-87)84-64(98)51-27-41(88)33-86(51)68(101)40(25-52(50)89)26-55(73)92)43-10-9-42(28-46(43)81-67)107-69(102)85(6)15-21-109-110-70(4,5)61(66(100)75-14-20-108-103)83-56(93)12-16-105-18-19-106-17-13-74-62(96)38-8-11-45-47(23-38)79-49(30-72)48(29-71)78-45/h8-11,23,28,36-37,39-41,50-51,54,59-61,81,87-88,91,103H,7,12-22,24-27,29-35H2,1-6H3,(H2,73,92)(H,74,96)(H,75,100)(H,76,97)(H,77,99)(H,80,94)(H,82,95)(H,83,93)(H,84,98)/t36-,37-,39-,40-,41+,50-,51-,54-,59-,60-,61?,111?/m0/s1. The van der Waals surface area contributed by atoms with Crippen molar-refractivity contribution < 1.29 is 101 Å². The third kappa shape index (κ3) is 26.0. The van der Waals surface area contributed by atoms with Crippen molar-refractivity contribution in [1.82, 2.24) is 67.3 Å². The van der Waals surface area contributed by atoms with Crippen LogP contribution in [0.4, 0.5) is 4.79 Å². The molecule has 2 aromatic carbocycles. The monoisotopic (exact) mass is 1750 g/mol. The van der Waals surface area contributed by atoms with Gasteiger partial charge in [0, 0.05) is 121 Å². The number of aliphatic hydroxyl groups is 3. The lowest BCUT2D eigenvalue weighted by Crippen LogP contribution is -2.56. The number of fused-ring (bicyclic) bond motifs is 6. The van der Waals surface area contributed by atoms with Crippen LogP contribution in [0.15, 0.2) is 41.4 Å². The summed E-state index contributed by atoms with van der Waals surface area (Å²) in [4.78, 5) is 196. The summed E-state index contributed by atoms with van der Waals surface area (Å²) in [6.45, 7) is 6.02. The normalized spacial score (nSPS) is 21.8. The largest absolute Gasteiger partial charge is 0.414 e. The number of nitrogens with zero attached hydrogens (tertiary/aromatic N) is 4. The van der Waals surface area contributed by atoms with Crippen LogP contribution in [0, 0.1) is 23.7 Å². The van der Waals surface area contributed by atoms with Crippen LogP contribution in [0.3, 0.4) is 0 Å². The fraction of sp³-hybridized carbons (Fsp3) is 0.586. The molecule has 0 radical (unpaired) electrons. The first-order valence-corrected chi connectivity index (χ1v) is 42.6. The zero-order chi connectivity index (χ0) is 81.4. The molecule has 2 aromatic heterocycles. The summed E-state index contributed by atoms with van der Waals surface area (Å²) < 4.78 is 40.8. The van der Waals surface area contributed by atoms with Gasteiger partial charge < -0.3 is 97.1 Å². The maximum absolute atomic E-state index is 15.3. The molecule has 111 heavy (non-hydrogen) atoms. The molecule has 5 heterocycles. The highest BCUT2D eigenvalue weighted by Crippen LogP contribution is 2.39. The van der Waals surface area contributed by atoms with Gasteiger partial charge in [0.15, 0.2) is 11.6 Å². The van der Waals surface area contributed by atoms with E-state index in [9.17, 15) is 77.4 Å². The maximum Gasteiger partial charge on any atom is 0.414 e. The van der Waals surface area contributed by atoms with Gasteiger partial charge in [-0.25, -0.2) is 14.8 Å². The molecular formula is C70H96Br2N14O21S4. The number of halogens is 2. The second-order valence-electron chi connectivity index (χ2n) is 27.5. The highest BCUT2D eigenvalue weighted by molar-refractivity contribution is 9.09. The Morgan fingerprint density at radius 3 is 2.19 bits per heavy atom. The van der Waals surface area contributed by atoms with E-state index in [1.54, 1.807) is 45.9 Å². The van der Waals surface area contributed by atoms with Gasteiger partial charge in [-0.15, -0.1) is 0 Å². The predicted molar refractivity (Wildman–Crippen MR) is 419 cm³/mol. The summed E-state index contributed by atoms with van der Waals surface area (Å²) >= 11 is 7.39. The Balaban J connectivity index is 1.06. The first-order chi connectivity index (χ1) is 52.8. The number of primary amides is 1. The van der Waals surface area contributed by atoms with Crippen molar-refractivity contribution in [1.29, 1.82) is 0 Å². The smallest absolute Gasteiger partial charge is 0.410 e. The number of benzene rings is 2. The van der Waals surface area contributed by atoms with E-state index in [-0.39, 0.29) is 97.1 Å². The zero-order valence-electron chi connectivity index (χ0n) is 62.1. The van der Waals surface area contributed by atoms with E-state index >= 15 is 9.00 Å². The molecule has 11 amide bonds. The van der Waals surface area contributed by atoms with Crippen molar-refractivity contribution in [3.63, 3.8) is 0 Å². The predicted octanol–water partition coefficient (Wildman–Crippen LogP) is 0.539. The van der Waals surface area contributed by atoms with Crippen molar-refractivity contribution in [2.24, 2.45) is 29.4 Å². The lowest BCUT2D eigenvalue weighted by Gasteiger charge is -2.33. The fourth-order valence-corrected chi connectivity index (χ4v) is 17.6. The minimum absolute atomic E-state index is 0.0112. The Kier molecular flexibility index (Phi) is 35.7. The number of Topliss-reactive ketones (excluding diaryl/α,β-unsaturated/α-hetero) is 2. The molecule has 12 atom stereocenters. The number of amides is 11. The number of aliphatic hydroxyl groups excluding tert-OH is 3. The molecule has 4 aromatic rings. The number of H-pyrrole nitrogens is 1. The second-order valence-corrected chi connectivity index (χ2v) is 33.8. The Labute approximate surface area is 671 Å².